The van der Waals surface area contributed by atoms with Gasteiger partial charge in [-0.25, -0.2) is 0 Å². The monoisotopic (exact) mass is 161 g/mol. The van der Waals surface area contributed by atoms with Crippen LogP contribution in [-0.4, -0.2) is 12.3 Å². The lowest BCUT2D eigenvalue weighted by atomic mass is 10.2. The Morgan fingerprint density at radius 3 is 2.58 bits per heavy atom. The van der Waals surface area contributed by atoms with Crippen LogP contribution in [-0.2, 0) is 0 Å². The maximum atomic E-state index is 4.39. The second-order valence-corrected chi connectivity index (χ2v) is 2.95. The molecule has 1 aromatic rings. The van der Waals surface area contributed by atoms with Gasteiger partial charge in [0.25, 0.3) is 0 Å². The minimum absolute atomic E-state index is 0.435. The Morgan fingerprint density at radius 1 is 1.33 bits per heavy atom. The highest BCUT2D eigenvalue weighted by Gasteiger charge is 1.90. The molecule has 0 aliphatic rings. The van der Waals surface area contributed by atoms with Crippen LogP contribution in [0.5, 0.6) is 0 Å². The summed E-state index contributed by atoms with van der Waals surface area (Å²) in [6.07, 6.45) is 3.04. The van der Waals surface area contributed by atoms with Gasteiger partial charge in [0.2, 0.25) is 0 Å². The van der Waals surface area contributed by atoms with Crippen molar-refractivity contribution in [3.05, 3.63) is 35.9 Å². The zero-order chi connectivity index (χ0) is 8.81. The summed E-state index contributed by atoms with van der Waals surface area (Å²) < 4.78 is 0. The normalized spacial score (nSPS) is 13.5. The second-order valence-electron chi connectivity index (χ2n) is 2.95. The molecule has 0 amide bonds. The summed E-state index contributed by atoms with van der Waals surface area (Å²) in [7, 11) is 0. The van der Waals surface area contributed by atoms with Crippen molar-refractivity contribution in [3.8, 4) is 0 Å². The molecular formula is C11H15N. The summed E-state index contributed by atoms with van der Waals surface area (Å²) in [4.78, 5) is 4.39. The lowest BCUT2D eigenvalue weighted by molar-refractivity contribution is 0.720. The molecular weight excluding hydrogens is 146 g/mol. The molecule has 12 heavy (non-hydrogen) atoms. The topological polar surface area (TPSA) is 12.4 Å². The summed E-state index contributed by atoms with van der Waals surface area (Å²) in [6, 6.07) is 10.6. The lowest BCUT2D eigenvalue weighted by Crippen LogP contribution is -1.94. The average Bonchev–Trinajstić information content (AvgIpc) is 2.16. The van der Waals surface area contributed by atoms with Crippen LogP contribution in [0.3, 0.4) is 0 Å². The van der Waals surface area contributed by atoms with E-state index < -0.39 is 0 Å². The van der Waals surface area contributed by atoms with Gasteiger partial charge in [-0.15, -0.1) is 0 Å². The highest BCUT2D eigenvalue weighted by molar-refractivity contribution is 5.79. The predicted molar refractivity (Wildman–Crippen MR) is 53.8 cm³/mol. The van der Waals surface area contributed by atoms with Gasteiger partial charge in [-0.3, -0.25) is 4.99 Å². The predicted octanol–water partition coefficient (Wildman–Crippen LogP) is 2.90. The average molecular weight is 161 g/mol. The molecule has 1 atom stereocenters. The molecule has 1 rings (SSSR count). The van der Waals surface area contributed by atoms with Crippen LogP contribution < -0.4 is 0 Å². The molecule has 0 bridgehead atoms. The van der Waals surface area contributed by atoms with Crippen LogP contribution >= 0.6 is 0 Å². The summed E-state index contributed by atoms with van der Waals surface area (Å²) in [5, 5.41) is 0. The summed E-state index contributed by atoms with van der Waals surface area (Å²) in [5.41, 5.74) is 1.18. The van der Waals surface area contributed by atoms with Crippen molar-refractivity contribution < 1.29 is 0 Å². The Balaban J connectivity index is 2.58. The summed E-state index contributed by atoms with van der Waals surface area (Å²) in [6.45, 7) is 4.27. The zero-order valence-corrected chi connectivity index (χ0v) is 7.70. The largest absolute Gasteiger partial charge is 0.290 e. The molecule has 0 spiro atoms. The van der Waals surface area contributed by atoms with Gasteiger partial charge < -0.3 is 0 Å². The van der Waals surface area contributed by atoms with Crippen LogP contribution in [0, 0.1) is 0 Å². The Kier molecular flexibility index (Phi) is 3.52. The minimum atomic E-state index is 0.435. The van der Waals surface area contributed by atoms with E-state index >= 15 is 0 Å². The van der Waals surface area contributed by atoms with E-state index in [-0.39, 0.29) is 0 Å². The fourth-order valence-corrected chi connectivity index (χ4v) is 0.858. The van der Waals surface area contributed by atoms with E-state index in [1.54, 1.807) is 0 Å². The van der Waals surface area contributed by atoms with Gasteiger partial charge in [-0.2, -0.15) is 0 Å². The van der Waals surface area contributed by atoms with Gasteiger partial charge in [-0.05, 0) is 18.9 Å². The standard InChI is InChI=1S/C11H15N/c1-3-10(2)12-9-11-7-5-4-6-8-11/h4-10H,3H2,1-2H3/t10-/m0/s1. The van der Waals surface area contributed by atoms with Crippen molar-refractivity contribution in [2.24, 2.45) is 4.99 Å². The number of rotatable bonds is 3. The molecule has 64 valence electrons. The molecule has 0 heterocycles. The molecule has 0 fully saturated rings. The molecule has 0 saturated heterocycles. The molecule has 0 saturated carbocycles. The van der Waals surface area contributed by atoms with Crippen LogP contribution in [0.25, 0.3) is 0 Å². The summed E-state index contributed by atoms with van der Waals surface area (Å²) >= 11 is 0. The highest BCUT2D eigenvalue weighted by Crippen LogP contribution is 1.98. The van der Waals surface area contributed by atoms with Gasteiger partial charge in [0, 0.05) is 12.3 Å². The lowest BCUT2D eigenvalue weighted by Gasteiger charge is -1.99. The van der Waals surface area contributed by atoms with Gasteiger partial charge in [0.15, 0.2) is 0 Å². The number of aliphatic imine (C=N–C) groups is 1. The number of benzene rings is 1. The van der Waals surface area contributed by atoms with Crippen molar-refractivity contribution >= 4 is 6.21 Å². The second kappa shape index (κ2) is 4.70. The van der Waals surface area contributed by atoms with Gasteiger partial charge in [0.05, 0.1) is 0 Å². The van der Waals surface area contributed by atoms with Crippen molar-refractivity contribution in [1.29, 1.82) is 0 Å². The first-order valence-electron chi connectivity index (χ1n) is 4.41. The molecule has 0 aliphatic carbocycles. The molecule has 1 aromatic carbocycles. The maximum Gasteiger partial charge on any atom is 0.0469 e. The third-order valence-corrected chi connectivity index (χ3v) is 1.87. The molecule has 0 unspecified atom stereocenters. The van der Waals surface area contributed by atoms with Gasteiger partial charge >= 0.3 is 0 Å². The number of hydrogen-bond acceptors (Lipinski definition) is 1. The van der Waals surface area contributed by atoms with Crippen LogP contribution in [0.2, 0.25) is 0 Å². The highest BCUT2D eigenvalue weighted by atomic mass is 14.7. The molecule has 1 nitrogen and oxygen atoms in total. The van der Waals surface area contributed by atoms with Crippen molar-refractivity contribution in [2.45, 2.75) is 26.3 Å². The van der Waals surface area contributed by atoms with Crippen molar-refractivity contribution in [3.63, 3.8) is 0 Å². The van der Waals surface area contributed by atoms with E-state index in [9.17, 15) is 0 Å². The van der Waals surface area contributed by atoms with E-state index in [0.717, 1.165) is 6.42 Å². The summed E-state index contributed by atoms with van der Waals surface area (Å²) in [5.74, 6) is 0. The third-order valence-electron chi connectivity index (χ3n) is 1.87. The fraction of sp³-hybridized carbons (Fsp3) is 0.364. The van der Waals surface area contributed by atoms with E-state index in [1.165, 1.54) is 5.56 Å². The Hall–Kier alpha value is -1.11. The minimum Gasteiger partial charge on any atom is -0.290 e. The Bertz CT molecular complexity index is 238. The SMILES string of the molecule is CC[C@H](C)N=Cc1ccccc1. The first-order chi connectivity index (χ1) is 5.83. The van der Waals surface area contributed by atoms with Crippen LogP contribution in [0.4, 0.5) is 0 Å². The molecule has 0 radical (unpaired) electrons. The van der Waals surface area contributed by atoms with Gasteiger partial charge in [-0.1, -0.05) is 37.3 Å². The first kappa shape index (κ1) is 8.98. The fourth-order valence-electron chi connectivity index (χ4n) is 0.858. The van der Waals surface area contributed by atoms with Crippen LogP contribution in [0.15, 0.2) is 35.3 Å². The molecule has 0 aromatic heterocycles. The number of hydrogen-bond donors (Lipinski definition) is 0. The van der Waals surface area contributed by atoms with Crippen molar-refractivity contribution in [1.82, 2.24) is 0 Å². The molecule has 1 heteroatoms. The van der Waals surface area contributed by atoms with Crippen LogP contribution in [0.1, 0.15) is 25.8 Å². The smallest absolute Gasteiger partial charge is 0.0469 e. The Morgan fingerprint density at radius 2 is 2.00 bits per heavy atom. The maximum absolute atomic E-state index is 4.39. The van der Waals surface area contributed by atoms with E-state index in [4.69, 9.17) is 0 Å². The zero-order valence-electron chi connectivity index (χ0n) is 7.70. The molecule has 0 N–H and O–H groups in total. The van der Waals surface area contributed by atoms with Crippen molar-refractivity contribution in [2.75, 3.05) is 0 Å². The van der Waals surface area contributed by atoms with E-state index in [1.807, 2.05) is 24.4 Å². The quantitative estimate of drug-likeness (QED) is 0.604. The van der Waals surface area contributed by atoms with E-state index in [0.29, 0.717) is 6.04 Å². The molecule has 0 aliphatic heterocycles. The van der Waals surface area contributed by atoms with E-state index in [2.05, 4.69) is 31.0 Å². The first-order valence-corrected chi connectivity index (χ1v) is 4.41. The third kappa shape index (κ3) is 2.87. The Labute approximate surface area is 74.2 Å². The van der Waals surface area contributed by atoms with Gasteiger partial charge in [0.1, 0.15) is 0 Å². The number of nitrogens with zero attached hydrogens (tertiary/aromatic N) is 1.